The second-order valence-electron chi connectivity index (χ2n) is 5.43. The fraction of sp³-hybridized carbons (Fsp3) is 0.647. The molecule has 0 fully saturated rings. The predicted octanol–water partition coefficient (Wildman–Crippen LogP) is 2.16. The van der Waals surface area contributed by atoms with Crippen molar-refractivity contribution in [1.82, 2.24) is 5.32 Å². The number of carbonyl (C=O) groups is 2. The van der Waals surface area contributed by atoms with E-state index in [4.69, 9.17) is 18.6 Å². The standard InChI is InChI=1S/C17H27NO6/c1-4-17(5-2,18-9-12-23-15(19)13-21-3)8-11-24-16(20)14-7-6-10-22-14/h6-7,10,18H,4-5,8-9,11-13H2,1-3H3. The Hall–Kier alpha value is -1.86. The zero-order valence-electron chi connectivity index (χ0n) is 14.6. The molecule has 1 aromatic heterocycles. The van der Waals surface area contributed by atoms with Crippen molar-refractivity contribution in [3.63, 3.8) is 0 Å². The molecule has 136 valence electrons. The number of hydrogen-bond donors (Lipinski definition) is 1. The molecule has 1 heterocycles. The average Bonchev–Trinajstić information content (AvgIpc) is 3.12. The second-order valence-corrected chi connectivity index (χ2v) is 5.43. The Morgan fingerprint density at radius 1 is 1.21 bits per heavy atom. The summed E-state index contributed by atoms with van der Waals surface area (Å²) in [5.41, 5.74) is -0.170. The average molecular weight is 341 g/mol. The van der Waals surface area contributed by atoms with Crippen molar-refractivity contribution in [2.24, 2.45) is 0 Å². The molecule has 0 atom stereocenters. The third-order valence-electron chi connectivity index (χ3n) is 4.02. The molecule has 0 bridgehead atoms. The minimum atomic E-state index is -0.463. The molecule has 1 rings (SSSR count). The molecule has 0 aliphatic rings. The Kier molecular flexibility index (Phi) is 9.11. The first-order valence-electron chi connectivity index (χ1n) is 8.17. The lowest BCUT2D eigenvalue weighted by Crippen LogP contribution is -2.46. The molecule has 0 unspecified atom stereocenters. The number of rotatable bonds is 12. The first kappa shape index (κ1) is 20.2. The maximum atomic E-state index is 11.8. The SMILES string of the molecule is CCC(CC)(CCOC(=O)c1ccco1)NCCOC(=O)COC. The van der Waals surface area contributed by atoms with Crippen molar-refractivity contribution in [2.45, 2.75) is 38.6 Å². The number of furan rings is 1. The summed E-state index contributed by atoms with van der Waals surface area (Å²) >= 11 is 0. The van der Waals surface area contributed by atoms with E-state index in [2.05, 4.69) is 19.2 Å². The van der Waals surface area contributed by atoms with Crippen LogP contribution in [0, 0.1) is 0 Å². The second kappa shape index (κ2) is 10.8. The summed E-state index contributed by atoms with van der Waals surface area (Å²) in [5, 5.41) is 3.41. The van der Waals surface area contributed by atoms with Gasteiger partial charge in [0, 0.05) is 19.2 Å². The van der Waals surface area contributed by atoms with Crippen LogP contribution in [0.4, 0.5) is 0 Å². The largest absolute Gasteiger partial charge is 0.463 e. The third-order valence-corrected chi connectivity index (χ3v) is 4.02. The van der Waals surface area contributed by atoms with Crippen LogP contribution in [0.2, 0.25) is 0 Å². The van der Waals surface area contributed by atoms with Crippen molar-refractivity contribution < 1.29 is 28.2 Å². The summed E-state index contributed by atoms with van der Waals surface area (Å²) in [4.78, 5) is 23.0. The molecular weight excluding hydrogens is 314 g/mol. The number of hydrogen-bond acceptors (Lipinski definition) is 7. The zero-order chi connectivity index (χ0) is 17.8. The van der Waals surface area contributed by atoms with Gasteiger partial charge in [0.05, 0.1) is 12.9 Å². The van der Waals surface area contributed by atoms with Crippen LogP contribution in [0.25, 0.3) is 0 Å². The number of nitrogens with one attached hydrogen (secondary N) is 1. The summed E-state index contributed by atoms with van der Waals surface area (Å²) in [6, 6.07) is 3.22. The van der Waals surface area contributed by atoms with Crippen LogP contribution in [0.5, 0.6) is 0 Å². The fourth-order valence-electron chi connectivity index (χ4n) is 2.39. The van der Waals surface area contributed by atoms with Crippen LogP contribution in [0.15, 0.2) is 22.8 Å². The molecule has 0 spiro atoms. The Balaban J connectivity index is 2.35. The summed E-state index contributed by atoms with van der Waals surface area (Å²) in [5.74, 6) is -0.647. The van der Waals surface area contributed by atoms with E-state index in [0.717, 1.165) is 12.8 Å². The lowest BCUT2D eigenvalue weighted by atomic mass is 9.89. The summed E-state index contributed by atoms with van der Waals surface area (Å²) in [7, 11) is 1.45. The highest BCUT2D eigenvalue weighted by atomic mass is 16.6. The molecule has 0 amide bonds. The molecule has 0 saturated heterocycles. The number of ether oxygens (including phenoxy) is 3. The highest BCUT2D eigenvalue weighted by Crippen LogP contribution is 2.20. The smallest absolute Gasteiger partial charge is 0.374 e. The summed E-state index contributed by atoms with van der Waals surface area (Å²) in [6.07, 6.45) is 3.84. The molecular formula is C17H27NO6. The third kappa shape index (κ3) is 6.72. The summed E-state index contributed by atoms with van der Waals surface area (Å²) < 4.78 is 20.0. The van der Waals surface area contributed by atoms with Gasteiger partial charge in [-0.1, -0.05) is 13.8 Å². The van der Waals surface area contributed by atoms with Crippen LogP contribution in [0.3, 0.4) is 0 Å². The van der Waals surface area contributed by atoms with Crippen LogP contribution >= 0.6 is 0 Å². The van der Waals surface area contributed by atoms with Gasteiger partial charge in [0.15, 0.2) is 0 Å². The molecule has 7 nitrogen and oxygen atoms in total. The van der Waals surface area contributed by atoms with Crippen LogP contribution in [-0.2, 0) is 19.0 Å². The topological polar surface area (TPSA) is 87.0 Å². The van der Waals surface area contributed by atoms with Crippen LogP contribution in [-0.4, -0.2) is 51.0 Å². The molecule has 0 radical (unpaired) electrons. The predicted molar refractivity (Wildman–Crippen MR) is 87.8 cm³/mol. The minimum Gasteiger partial charge on any atom is -0.463 e. The van der Waals surface area contributed by atoms with Crippen molar-refractivity contribution in [3.8, 4) is 0 Å². The van der Waals surface area contributed by atoms with Crippen molar-refractivity contribution in [1.29, 1.82) is 0 Å². The van der Waals surface area contributed by atoms with E-state index in [1.165, 1.54) is 13.4 Å². The Morgan fingerprint density at radius 3 is 2.54 bits per heavy atom. The number of esters is 2. The van der Waals surface area contributed by atoms with Gasteiger partial charge in [-0.05, 0) is 31.4 Å². The monoisotopic (exact) mass is 341 g/mol. The zero-order valence-corrected chi connectivity index (χ0v) is 14.6. The Bertz CT molecular complexity index is 481. The van der Waals surface area contributed by atoms with Gasteiger partial charge in [-0.25, -0.2) is 9.59 Å². The van der Waals surface area contributed by atoms with E-state index >= 15 is 0 Å². The van der Waals surface area contributed by atoms with Crippen molar-refractivity contribution >= 4 is 11.9 Å². The van der Waals surface area contributed by atoms with Crippen molar-refractivity contribution in [2.75, 3.05) is 33.5 Å². The van der Waals surface area contributed by atoms with Gasteiger partial charge in [0.2, 0.25) is 5.76 Å². The molecule has 0 aliphatic heterocycles. The van der Waals surface area contributed by atoms with E-state index in [1.54, 1.807) is 12.1 Å². The van der Waals surface area contributed by atoms with E-state index in [1.807, 2.05) is 0 Å². The van der Waals surface area contributed by atoms with E-state index in [-0.39, 0.29) is 37.1 Å². The molecule has 0 aromatic carbocycles. The maximum Gasteiger partial charge on any atom is 0.374 e. The van der Waals surface area contributed by atoms with E-state index in [0.29, 0.717) is 13.0 Å². The highest BCUT2D eigenvalue weighted by molar-refractivity contribution is 5.86. The van der Waals surface area contributed by atoms with Gasteiger partial charge in [-0.15, -0.1) is 0 Å². The van der Waals surface area contributed by atoms with Gasteiger partial charge in [-0.3, -0.25) is 0 Å². The molecule has 7 heteroatoms. The van der Waals surface area contributed by atoms with Crippen molar-refractivity contribution in [3.05, 3.63) is 24.2 Å². The number of carbonyl (C=O) groups excluding carboxylic acids is 2. The van der Waals surface area contributed by atoms with Gasteiger partial charge in [0.25, 0.3) is 0 Å². The first-order chi connectivity index (χ1) is 11.6. The maximum absolute atomic E-state index is 11.8. The first-order valence-corrected chi connectivity index (χ1v) is 8.17. The fourth-order valence-corrected chi connectivity index (χ4v) is 2.39. The Labute approximate surface area is 142 Å². The molecule has 1 aromatic rings. The quantitative estimate of drug-likeness (QED) is 0.460. The van der Waals surface area contributed by atoms with Gasteiger partial charge in [-0.2, -0.15) is 0 Å². The normalized spacial score (nSPS) is 11.3. The minimum absolute atomic E-state index is 0.0462. The molecule has 24 heavy (non-hydrogen) atoms. The van der Waals surface area contributed by atoms with Gasteiger partial charge in [0.1, 0.15) is 13.2 Å². The Morgan fingerprint density at radius 2 is 1.96 bits per heavy atom. The van der Waals surface area contributed by atoms with Gasteiger partial charge < -0.3 is 23.9 Å². The molecule has 1 N–H and O–H groups in total. The molecule has 0 aliphatic carbocycles. The van der Waals surface area contributed by atoms with Gasteiger partial charge >= 0.3 is 11.9 Å². The van der Waals surface area contributed by atoms with Crippen LogP contribution < -0.4 is 5.32 Å². The lowest BCUT2D eigenvalue weighted by Gasteiger charge is -2.33. The number of methoxy groups -OCH3 is 1. The summed E-state index contributed by atoms with van der Waals surface area (Å²) in [6.45, 7) is 5.19. The molecule has 0 saturated carbocycles. The van der Waals surface area contributed by atoms with Crippen LogP contribution in [0.1, 0.15) is 43.7 Å². The lowest BCUT2D eigenvalue weighted by molar-refractivity contribution is -0.147. The van der Waals surface area contributed by atoms with E-state index in [9.17, 15) is 9.59 Å². The highest BCUT2D eigenvalue weighted by Gasteiger charge is 2.26. The van der Waals surface area contributed by atoms with E-state index < -0.39 is 5.97 Å².